The first-order valence-corrected chi connectivity index (χ1v) is 4.12. The minimum atomic E-state index is -0.869. The first kappa shape index (κ1) is 7.82. The first-order valence-electron chi connectivity index (χ1n) is 4.12. The van der Waals surface area contributed by atoms with Gasteiger partial charge >= 0.3 is 6.09 Å². The highest BCUT2D eigenvalue weighted by Gasteiger charge is 2.37. The third-order valence-electron chi connectivity index (χ3n) is 2.38. The maximum atomic E-state index is 10.8. The molecule has 2 aliphatic heterocycles. The van der Waals surface area contributed by atoms with Crippen molar-refractivity contribution >= 4 is 6.09 Å². The van der Waals surface area contributed by atoms with Crippen molar-refractivity contribution in [3.05, 3.63) is 0 Å². The van der Waals surface area contributed by atoms with Gasteiger partial charge in [0, 0.05) is 13.1 Å². The van der Waals surface area contributed by atoms with Gasteiger partial charge in [0.2, 0.25) is 0 Å². The van der Waals surface area contributed by atoms with E-state index in [1.807, 2.05) is 0 Å². The number of amides is 1. The summed E-state index contributed by atoms with van der Waals surface area (Å²) in [6.45, 7) is 2.05. The van der Waals surface area contributed by atoms with Crippen molar-refractivity contribution < 1.29 is 14.6 Å². The van der Waals surface area contributed by atoms with Crippen LogP contribution in [0.4, 0.5) is 4.79 Å². The Hall–Kier alpha value is -0.810. The number of hydrogen-bond acceptors (Lipinski definition) is 3. The monoisotopic (exact) mass is 172 g/mol. The van der Waals surface area contributed by atoms with Gasteiger partial charge in [-0.05, 0) is 6.42 Å². The highest BCUT2D eigenvalue weighted by Crippen LogP contribution is 2.19. The number of nitrogens with zero attached hydrogens (tertiary/aromatic N) is 1. The molecular formula is C7H12N2O3. The Morgan fingerprint density at radius 3 is 3.00 bits per heavy atom. The third kappa shape index (κ3) is 1.15. The zero-order valence-electron chi connectivity index (χ0n) is 6.69. The van der Waals surface area contributed by atoms with E-state index in [-0.39, 0.29) is 12.3 Å². The number of ether oxygens (including phenoxy) is 1. The lowest BCUT2D eigenvalue weighted by molar-refractivity contribution is -0.119. The summed E-state index contributed by atoms with van der Waals surface area (Å²) in [6, 6.07) is 0.106. The number of piperazine rings is 1. The van der Waals surface area contributed by atoms with Crippen LogP contribution in [0, 0.1) is 0 Å². The second-order valence-corrected chi connectivity index (χ2v) is 3.12. The Bertz CT molecular complexity index is 175. The summed E-state index contributed by atoms with van der Waals surface area (Å²) in [7, 11) is 0. The molecule has 5 nitrogen and oxygen atoms in total. The summed E-state index contributed by atoms with van der Waals surface area (Å²) < 4.78 is 5.31. The van der Waals surface area contributed by atoms with E-state index in [4.69, 9.17) is 9.84 Å². The van der Waals surface area contributed by atoms with Crippen LogP contribution in [0.5, 0.6) is 0 Å². The van der Waals surface area contributed by atoms with Crippen molar-refractivity contribution in [2.45, 2.75) is 18.7 Å². The molecule has 2 fully saturated rings. The lowest BCUT2D eigenvalue weighted by atomic mass is 10.1. The van der Waals surface area contributed by atoms with E-state index >= 15 is 0 Å². The molecule has 2 N–H and O–H groups in total. The molecule has 2 unspecified atom stereocenters. The van der Waals surface area contributed by atoms with Gasteiger partial charge in [0.25, 0.3) is 0 Å². The fraction of sp³-hybridized carbons (Fsp3) is 0.857. The van der Waals surface area contributed by atoms with E-state index < -0.39 is 6.09 Å². The number of fused-ring (bicyclic) bond motifs is 2. The summed E-state index contributed by atoms with van der Waals surface area (Å²) in [6.07, 6.45) is -0.336. The van der Waals surface area contributed by atoms with Gasteiger partial charge in [-0.1, -0.05) is 0 Å². The fourth-order valence-electron chi connectivity index (χ4n) is 1.81. The summed E-state index contributed by atoms with van der Waals surface area (Å²) in [5.41, 5.74) is 0. The molecule has 0 aromatic heterocycles. The topological polar surface area (TPSA) is 61.8 Å². The van der Waals surface area contributed by atoms with Crippen molar-refractivity contribution in [1.82, 2.24) is 10.2 Å². The summed E-state index contributed by atoms with van der Waals surface area (Å²) in [5.74, 6) is 0. The fourth-order valence-corrected chi connectivity index (χ4v) is 1.81. The molecule has 2 rings (SSSR count). The van der Waals surface area contributed by atoms with E-state index in [1.54, 1.807) is 0 Å². The molecule has 0 aromatic carbocycles. The Morgan fingerprint density at radius 1 is 1.58 bits per heavy atom. The lowest BCUT2D eigenvalue weighted by Crippen LogP contribution is -2.62. The molecule has 0 aromatic rings. The van der Waals surface area contributed by atoms with E-state index in [0.717, 1.165) is 13.0 Å². The minimum Gasteiger partial charge on any atom is -0.465 e. The number of hydrogen-bond donors (Lipinski definition) is 2. The highest BCUT2D eigenvalue weighted by atomic mass is 16.5. The van der Waals surface area contributed by atoms with Crippen LogP contribution in [-0.4, -0.2) is 48.1 Å². The Balaban J connectivity index is 2.13. The standard InChI is InChI=1S/C7H12N2O3/c10-7(11)9-5-1-2-12-6(9)4-8-3-5/h5-6,8H,1-4H2,(H,10,11). The number of nitrogens with one attached hydrogen (secondary N) is 1. The van der Waals surface area contributed by atoms with E-state index in [2.05, 4.69) is 5.32 Å². The molecule has 2 bridgehead atoms. The van der Waals surface area contributed by atoms with Crippen LogP contribution in [0.15, 0.2) is 0 Å². The first-order chi connectivity index (χ1) is 5.79. The van der Waals surface area contributed by atoms with Crippen LogP contribution >= 0.6 is 0 Å². The molecule has 0 radical (unpaired) electrons. The molecule has 2 aliphatic rings. The van der Waals surface area contributed by atoms with Crippen LogP contribution in [0.2, 0.25) is 0 Å². The average molecular weight is 172 g/mol. The van der Waals surface area contributed by atoms with Crippen LogP contribution in [0.1, 0.15) is 6.42 Å². The van der Waals surface area contributed by atoms with Gasteiger partial charge in [0.1, 0.15) is 6.23 Å². The molecule has 0 saturated carbocycles. The molecule has 2 atom stereocenters. The molecule has 68 valence electrons. The maximum Gasteiger partial charge on any atom is 0.409 e. The van der Waals surface area contributed by atoms with E-state index in [0.29, 0.717) is 13.2 Å². The Kier molecular flexibility index (Phi) is 1.90. The summed E-state index contributed by atoms with van der Waals surface area (Å²) in [5, 5.41) is 12.0. The van der Waals surface area contributed by atoms with Gasteiger partial charge in [-0.25, -0.2) is 4.79 Å². The van der Waals surface area contributed by atoms with Gasteiger partial charge < -0.3 is 15.2 Å². The van der Waals surface area contributed by atoms with Crippen molar-refractivity contribution in [2.75, 3.05) is 19.7 Å². The zero-order valence-corrected chi connectivity index (χ0v) is 6.69. The van der Waals surface area contributed by atoms with E-state index in [1.165, 1.54) is 4.90 Å². The molecule has 12 heavy (non-hydrogen) atoms. The van der Waals surface area contributed by atoms with Gasteiger partial charge in [0.15, 0.2) is 0 Å². The van der Waals surface area contributed by atoms with E-state index in [9.17, 15) is 4.79 Å². The van der Waals surface area contributed by atoms with Gasteiger partial charge in [-0.2, -0.15) is 0 Å². The van der Waals surface area contributed by atoms with Crippen LogP contribution in [-0.2, 0) is 4.74 Å². The lowest BCUT2D eigenvalue weighted by Gasteiger charge is -2.44. The Labute approximate surface area is 70.3 Å². The van der Waals surface area contributed by atoms with Crippen molar-refractivity contribution in [1.29, 1.82) is 0 Å². The molecular weight excluding hydrogens is 160 g/mol. The molecule has 0 aliphatic carbocycles. The number of carboxylic acid groups (broad SMARTS) is 1. The van der Waals surface area contributed by atoms with Crippen LogP contribution < -0.4 is 5.32 Å². The highest BCUT2D eigenvalue weighted by molar-refractivity contribution is 5.66. The third-order valence-corrected chi connectivity index (χ3v) is 2.38. The van der Waals surface area contributed by atoms with Gasteiger partial charge in [-0.3, -0.25) is 4.90 Å². The van der Waals surface area contributed by atoms with Crippen molar-refractivity contribution in [3.8, 4) is 0 Å². The zero-order chi connectivity index (χ0) is 8.55. The minimum absolute atomic E-state index is 0.106. The van der Waals surface area contributed by atoms with Crippen LogP contribution in [0.25, 0.3) is 0 Å². The predicted octanol–water partition coefficient (Wildman–Crippen LogP) is -0.315. The van der Waals surface area contributed by atoms with Crippen LogP contribution in [0.3, 0.4) is 0 Å². The molecule has 5 heteroatoms. The predicted molar refractivity (Wildman–Crippen MR) is 40.9 cm³/mol. The smallest absolute Gasteiger partial charge is 0.409 e. The number of rotatable bonds is 0. The van der Waals surface area contributed by atoms with Gasteiger partial charge in [0.05, 0.1) is 12.6 Å². The maximum absolute atomic E-state index is 10.8. The second-order valence-electron chi connectivity index (χ2n) is 3.12. The van der Waals surface area contributed by atoms with Gasteiger partial charge in [-0.15, -0.1) is 0 Å². The van der Waals surface area contributed by atoms with Crippen molar-refractivity contribution in [3.63, 3.8) is 0 Å². The summed E-state index contributed by atoms with van der Waals surface area (Å²) in [4.78, 5) is 12.2. The van der Waals surface area contributed by atoms with Crippen molar-refractivity contribution in [2.24, 2.45) is 0 Å². The molecule has 2 heterocycles. The molecule has 2 saturated heterocycles. The largest absolute Gasteiger partial charge is 0.465 e. The quantitative estimate of drug-likeness (QED) is 0.526. The average Bonchev–Trinajstić information content (AvgIpc) is 2.02. The summed E-state index contributed by atoms with van der Waals surface area (Å²) >= 11 is 0. The molecule has 1 amide bonds. The Morgan fingerprint density at radius 2 is 2.42 bits per heavy atom. The normalized spacial score (nSPS) is 34.8. The molecule has 0 spiro atoms. The SMILES string of the molecule is O=C(O)N1C2CCOC1CNC2. The second kappa shape index (κ2) is 2.91. The number of carbonyl (C=O) groups is 1.